The summed E-state index contributed by atoms with van der Waals surface area (Å²) in [5, 5.41) is 21.7. The standard InChI is InChI=1S/C27H38N6O4S/c1-17(2)13-21(31-26(35)22-15-19-20(30-22)7-6-8-23(19)37-3)27(36)32-24(14-18-9-10-29-25(18)34)38(16-28)33-11-4-5-12-33/h6-8,15,17-18,21,24,30,38H,4-5,9-14H2,1-3H3,(H,29,34)(H,31,35)(H,32,36)/t18-,21-,24+/m0/s1. The second kappa shape index (κ2) is 12.5. The molecule has 0 aliphatic carbocycles. The van der Waals surface area contributed by atoms with Crippen LogP contribution in [0.4, 0.5) is 0 Å². The highest BCUT2D eigenvalue weighted by atomic mass is 32.2. The summed E-state index contributed by atoms with van der Waals surface area (Å²) in [6.07, 6.45) is 3.58. The van der Waals surface area contributed by atoms with Crippen LogP contribution in [-0.2, 0) is 9.59 Å². The van der Waals surface area contributed by atoms with Gasteiger partial charge < -0.3 is 25.7 Å². The number of carbonyl (C=O) groups excluding carboxylic acids is 3. The maximum Gasteiger partial charge on any atom is 0.268 e. The van der Waals surface area contributed by atoms with Gasteiger partial charge in [0.1, 0.15) is 22.9 Å². The van der Waals surface area contributed by atoms with Gasteiger partial charge in [0.25, 0.3) is 5.91 Å². The summed E-state index contributed by atoms with van der Waals surface area (Å²) in [5.74, 6) is -0.187. The minimum atomic E-state index is -1.33. The molecule has 2 aromatic rings. The van der Waals surface area contributed by atoms with Crippen molar-refractivity contribution in [2.24, 2.45) is 11.8 Å². The number of nitriles is 1. The predicted molar refractivity (Wildman–Crippen MR) is 149 cm³/mol. The summed E-state index contributed by atoms with van der Waals surface area (Å²) in [6, 6.07) is 6.46. The molecule has 0 radical (unpaired) electrons. The smallest absolute Gasteiger partial charge is 0.268 e. The molecule has 2 aliphatic rings. The van der Waals surface area contributed by atoms with Gasteiger partial charge in [0, 0.05) is 36.5 Å². The first-order chi connectivity index (χ1) is 18.3. The minimum Gasteiger partial charge on any atom is -0.496 e. The zero-order valence-electron chi connectivity index (χ0n) is 22.3. The first-order valence-corrected chi connectivity index (χ1v) is 14.7. The number of aromatic nitrogens is 1. The molecular weight excluding hydrogens is 504 g/mol. The molecule has 1 aromatic carbocycles. The summed E-state index contributed by atoms with van der Waals surface area (Å²) >= 11 is -1.33. The van der Waals surface area contributed by atoms with Gasteiger partial charge in [0.05, 0.1) is 12.5 Å². The van der Waals surface area contributed by atoms with E-state index < -0.39 is 28.4 Å². The molecule has 3 heterocycles. The van der Waals surface area contributed by atoms with Crippen molar-refractivity contribution >= 4 is 39.7 Å². The largest absolute Gasteiger partial charge is 0.496 e. The van der Waals surface area contributed by atoms with Gasteiger partial charge in [-0.05, 0) is 56.2 Å². The first kappa shape index (κ1) is 27.8. The third-order valence-corrected chi connectivity index (χ3v) is 9.33. The number of carbonyl (C=O) groups is 3. The number of methoxy groups -OCH3 is 1. The zero-order chi connectivity index (χ0) is 27.2. The number of nitrogens with zero attached hydrogens (tertiary/aromatic N) is 2. The molecule has 2 fully saturated rings. The van der Waals surface area contributed by atoms with E-state index in [1.165, 1.54) is 0 Å². The van der Waals surface area contributed by atoms with Gasteiger partial charge in [-0.25, -0.2) is 0 Å². The second-order valence-corrected chi connectivity index (χ2v) is 12.5. The van der Waals surface area contributed by atoms with E-state index in [1.807, 2.05) is 32.0 Å². The molecule has 4 N–H and O–H groups in total. The highest BCUT2D eigenvalue weighted by molar-refractivity contribution is 8.19. The van der Waals surface area contributed by atoms with Gasteiger partial charge in [-0.2, -0.15) is 5.26 Å². The molecule has 0 spiro atoms. The van der Waals surface area contributed by atoms with Gasteiger partial charge in [-0.15, -0.1) is 0 Å². The van der Waals surface area contributed by atoms with E-state index in [-0.39, 0.29) is 23.7 Å². The van der Waals surface area contributed by atoms with Gasteiger partial charge in [-0.3, -0.25) is 18.7 Å². The Morgan fingerprint density at radius 3 is 2.66 bits per heavy atom. The van der Waals surface area contributed by atoms with Gasteiger partial charge in [0.2, 0.25) is 11.8 Å². The molecule has 2 aliphatic heterocycles. The maximum absolute atomic E-state index is 13.6. The van der Waals surface area contributed by atoms with Crippen molar-refractivity contribution in [2.75, 3.05) is 26.7 Å². The summed E-state index contributed by atoms with van der Waals surface area (Å²) in [5.41, 5.74) is 1.10. The van der Waals surface area contributed by atoms with E-state index in [9.17, 15) is 19.6 Å². The van der Waals surface area contributed by atoms with Crippen LogP contribution in [0.1, 0.15) is 56.4 Å². The second-order valence-electron chi connectivity index (χ2n) is 10.4. The predicted octanol–water partition coefficient (Wildman–Crippen LogP) is 2.78. The summed E-state index contributed by atoms with van der Waals surface area (Å²) in [4.78, 5) is 42.3. The number of thiol groups is 1. The molecule has 11 heteroatoms. The van der Waals surface area contributed by atoms with E-state index in [2.05, 4.69) is 30.6 Å². The van der Waals surface area contributed by atoms with Gasteiger partial charge >= 0.3 is 0 Å². The lowest BCUT2D eigenvalue weighted by Gasteiger charge is -2.35. The Balaban J connectivity index is 1.53. The maximum atomic E-state index is 13.6. The lowest BCUT2D eigenvalue weighted by atomic mass is 10.0. The molecule has 10 nitrogen and oxygen atoms in total. The molecule has 2 saturated heterocycles. The van der Waals surface area contributed by atoms with Crippen molar-refractivity contribution in [3.8, 4) is 11.2 Å². The molecule has 206 valence electrons. The fraction of sp³-hybridized carbons (Fsp3) is 0.556. The van der Waals surface area contributed by atoms with E-state index in [0.717, 1.165) is 36.8 Å². The highest BCUT2D eigenvalue weighted by Crippen LogP contribution is 2.40. The quantitative estimate of drug-likeness (QED) is 0.219. The number of amides is 3. The molecule has 0 saturated carbocycles. The van der Waals surface area contributed by atoms with Crippen LogP contribution in [0.15, 0.2) is 24.3 Å². The van der Waals surface area contributed by atoms with Crippen LogP contribution in [0, 0.1) is 22.5 Å². The molecule has 4 rings (SSSR count). The van der Waals surface area contributed by atoms with Gasteiger partial charge in [-0.1, -0.05) is 31.0 Å². The first-order valence-electron chi connectivity index (χ1n) is 13.3. The number of hydrogen-bond donors (Lipinski definition) is 5. The number of rotatable bonds is 11. The van der Waals surface area contributed by atoms with Crippen molar-refractivity contribution in [3.63, 3.8) is 0 Å². The number of benzene rings is 1. The number of H-pyrrole nitrogens is 1. The highest BCUT2D eigenvalue weighted by Gasteiger charge is 2.35. The number of hydrogen-bond acceptors (Lipinski definition) is 6. The zero-order valence-corrected chi connectivity index (χ0v) is 23.1. The Kier molecular flexibility index (Phi) is 9.17. The third-order valence-electron chi connectivity index (χ3n) is 7.18. The molecule has 4 atom stereocenters. The Morgan fingerprint density at radius 1 is 1.26 bits per heavy atom. The van der Waals surface area contributed by atoms with Crippen LogP contribution in [0.25, 0.3) is 10.9 Å². The number of nitrogens with one attached hydrogen (secondary N) is 4. The summed E-state index contributed by atoms with van der Waals surface area (Å²) < 4.78 is 7.55. The van der Waals surface area contributed by atoms with Crippen molar-refractivity contribution in [2.45, 2.75) is 57.4 Å². The topological polar surface area (TPSA) is 139 Å². The van der Waals surface area contributed by atoms with Gasteiger partial charge in [0.15, 0.2) is 0 Å². The molecular formula is C27H38N6O4S. The Hall–Kier alpha value is -3.23. The number of aromatic amines is 1. The van der Waals surface area contributed by atoms with Crippen molar-refractivity contribution in [1.82, 2.24) is 25.2 Å². The third kappa shape index (κ3) is 6.42. The monoisotopic (exact) mass is 542 g/mol. The Bertz CT molecular complexity index is 1200. The molecule has 1 aromatic heterocycles. The SMILES string of the molecule is COc1cccc2[nH]c(C(=O)N[C@@H](CC(C)C)C(=O)N[C@@H](C[C@@H]3CCNC3=O)[SH](C#N)N3CCCC3)cc12. The van der Waals surface area contributed by atoms with Crippen LogP contribution in [0.2, 0.25) is 0 Å². The normalized spacial score (nSPS) is 20.6. The van der Waals surface area contributed by atoms with Crippen molar-refractivity contribution < 1.29 is 19.1 Å². The van der Waals surface area contributed by atoms with Crippen LogP contribution in [0.5, 0.6) is 5.75 Å². The lowest BCUT2D eigenvalue weighted by molar-refractivity contribution is -0.125. The lowest BCUT2D eigenvalue weighted by Crippen LogP contribution is -2.51. The van der Waals surface area contributed by atoms with Crippen LogP contribution in [0.3, 0.4) is 0 Å². The average molecular weight is 543 g/mol. The molecule has 0 bridgehead atoms. The Labute approximate surface area is 226 Å². The number of ether oxygens (including phenoxy) is 1. The molecule has 3 amide bonds. The minimum absolute atomic E-state index is 0.0279. The van der Waals surface area contributed by atoms with Crippen LogP contribution in [-0.4, -0.2) is 65.2 Å². The van der Waals surface area contributed by atoms with E-state index >= 15 is 0 Å². The summed E-state index contributed by atoms with van der Waals surface area (Å²) in [6.45, 7) is 6.23. The number of thiocyanates is 1. The van der Waals surface area contributed by atoms with Crippen LogP contribution >= 0.6 is 11.1 Å². The van der Waals surface area contributed by atoms with E-state index in [1.54, 1.807) is 13.2 Å². The average Bonchev–Trinajstić information content (AvgIpc) is 3.65. The van der Waals surface area contributed by atoms with E-state index in [0.29, 0.717) is 37.3 Å². The van der Waals surface area contributed by atoms with Crippen molar-refractivity contribution in [3.05, 3.63) is 30.0 Å². The van der Waals surface area contributed by atoms with E-state index in [4.69, 9.17) is 4.74 Å². The fourth-order valence-corrected chi connectivity index (χ4v) is 7.31. The number of fused-ring (bicyclic) bond motifs is 1. The molecule has 38 heavy (non-hydrogen) atoms. The van der Waals surface area contributed by atoms with Crippen LogP contribution < -0.4 is 20.7 Å². The molecule has 1 unspecified atom stereocenters. The summed E-state index contributed by atoms with van der Waals surface area (Å²) in [7, 11) is 1.58. The fourth-order valence-electron chi connectivity index (χ4n) is 5.24. The Morgan fingerprint density at radius 2 is 2.03 bits per heavy atom. The van der Waals surface area contributed by atoms with Crippen molar-refractivity contribution in [1.29, 1.82) is 5.26 Å².